The number of thiazole rings is 1. The van der Waals surface area contributed by atoms with Crippen molar-refractivity contribution in [3.8, 4) is 10.6 Å². The predicted molar refractivity (Wildman–Crippen MR) is 76.5 cm³/mol. The number of rotatable bonds is 2. The van der Waals surface area contributed by atoms with Gasteiger partial charge in [-0.2, -0.15) is 0 Å². The summed E-state index contributed by atoms with van der Waals surface area (Å²) in [6.07, 6.45) is 0. The van der Waals surface area contributed by atoms with E-state index in [9.17, 15) is 0 Å². The lowest BCUT2D eigenvalue weighted by molar-refractivity contribution is 0.326. The second kappa shape index (κ2) is 4.52. The van der Waals surface area contributed by atoms with Gasteiger partial charge in [0.2, 0.25) is 0 Å². The van der Waals surface area contributed by atoms with E-state index in [1.54, 1.807) is 22.7 Å². The Hall–Kier alpha value is -0.710. The molecule has 0 spiro atoms. The smallest absolute Gasteiger partial charge is 0.111 e. The van der Waals surface area contributed by atoms with E-state index in [1.807, 2.05) is 0 Å². The highest BCUT2D eigenvalue weighted by Gasteiger charge is 2.25. The van der Waals surface area contributed by atoms with Gasteiger partial charge < -0.3 is 5.73 Å². The SMILES string of the molecule is Cc1ccc(-c2csc(C(N)C(C)(C)C)n2)s1. The van der Waals surface area contributed by atoms with Crippen molar-refractivity contribution >= 4 is 22.7 Å². The molecule has 2 N–H and O–H groups in total. The summed E-state index contributed by atoms with van der Waals surface area (Å²) in [5.41, 5.74) is 7.33. The van der Waals surface area contributed by atoms with E-state index >= 15 is 0 Å². The molecular weight excluding hydrogens is 248 g/mol. The van der Waals surface area contributed by atoms with Crippen molar-refractivity contribution < 1.29 is 0 Å². The number of nitrogens with zero attached hydrogens (tertiary/aromatic N) is 1. The Morgan fingerprint density at radius 2 is 2.00 bits per heavy atom. The van der Waals surface area contributed by atoms with Crippen molar-refractivity contribution in [2.45, 2.75) is 33.7 Å². The first kappa shape index (κ1) is 12.7. The van der Waals surface area contributed by atoms with Crippen LogP contribution in [0.2, 0.25) is 0 Å². The van der Waals surface area contributed by atoms with Crippen LogP contribution in [0.15, 0.2) is 17.5 Å². The highest BCUT2D eigenvalue weighted by Crippen LogP contribution is 2.35. The van der Waals surface area contributed by atoms with E-state index in [0.29, 0.717) is 0 Å². The van der Waals surface area contributed by atoms with Gasteiger partial charge in [-0.15, -0.1) is 22.7 Å². The maximum atomic E-state index is 6.22. The van der Waals surface area contributed by atoms with Crippen molar-refractivity contribution in [1.82, 2.24) is 4.98 Å². The third-order valence-corrected chi connectivity index (χ3v) is 4.66. The molecule has 1 atom stereocenters. The van der Waals surface area contributed by atoms with Gasteiger partial charge in [-0.25, -0.2) is 4.98 Å². The van der Waals surface area contributed by atoms with E-state index in [2.05, 4.69) is 50.2 Å². The van der Waals surface area contributed by atoms with Gasteiger partial charge in [0.05, 0.1) is 16.6 Å². The first-order chi connectivity index (χ1) is 7.88. The zero-order valence-electron chi connectivity index (χ0n) is 10.7. The average Bonchev–Trinajstić information content (AvgIpc) is 2.83. The van der Waals surface area contributed by atoms with Crippen molar-refractivity contribution in [3.63, 3.8) is 0 Å². The van der Waals surface area contributed by atoms with Crippen molar-refractivity contribution in [1.29, 1.82) is 0 Å². The summed E-state index contributed by atoms with van der Waals surface area (Å²) < 4.78 is 0. The van der Waals surface area contributed by atoms with Crippen LogP contribution in [0.1, 0.15) is 36.7 Å². The Balaban J connectivity index is 2.28. The summed E-state index contributed by atoms with van der Waals surface area (Å²) in [7, 11) is 0. The fourth-order valence-electron chi connectivity index (χ4n) is 1.49. The second-order valence-electron chi connectivity index (χ2n) is 5.32. The maximum absolute atomic E-state index is 6.22. The Morgan fingerprint density at radius 3 is 2.53 bits per heavy atom. The minimum Gasteiger partial charge on any atom is -0.322 e. The molecule has 0 aliphatic carbocycles. The maximum Gasteiger partial charge on any atom is 0.111 e. The molecule has 2 aromatic heterocycles. The van der Waals surface area contributed by atoms with E-state index in [4.69, 9.17) is 5.73 Å². The Kier molecular flexibility index (Phi) is 3.39. The fraction of sp³-hybridized carbons (Fsp3) is 0.462. The molecular formula is C13H18N2S2. The van der Waals surface area contributed by atoms with E-state index in [1.165, 1.54) is 9.75 Å². The normalized spacial score (nSPS) is 13.9. The summed E-state index contributed by atoms with van der Waals surface area (Å²) in [6, 6.07) is 4.26. The van der Waals surface area contributed by atoms with Gasteiger partial charge in [-0.05, 0) is 24.5 Å². The van der Waals surface area contributed by atoms with Crippen LogP contribution in [0.5, 0.6) is 0 Å². The summed E-state index contributed by atoms with van der Waals surface area (Å²) in [5.74, 6) is 0. The van der Waals surface area contributed by atoms with Crippen LogP contribution in [-0.2, 0) is 0 Å². The Morgan fingerprint density at radius 1 is 1.29 bits per heavy atom. The first-order valence-corrected chi connectivity index (χ1v) is 7.35. The lowest BCUT2D eigenvalue weighted by Gasteiger charge is -2.24. The molecule has 0 fully saturated rings. The number of aromatic nitrogens is 1. The molecule has 2 rings (SSSR count). The average molecular weight is 266 g/mol. The monoisotopic (exact) mass is 266 g/mol. The van der Waals surface area contributed by atoms with Crippen LogP contribution in [0.3, 0.4) is 0 Å². The lowest BCUT2D eigenvalue weighted by Crippen LogP contribution is -2.26. The van der Waals surface area contributed by atoms with Gasteiger partial charge in [0.1, 0.15) is 5.01 Å². The second-order valence-corrected chi connectivity index (χ2v) is 7.50. The molecule has 1 unspecified atom stereocenters. The number of hydrogen-bond acceptors (Lipinski definition) is 4. The molecule has 0 amide bonds. The zero-order valence-corrected chi connectivity index (χ0v) is 12.3. The van der Waals surface area contributed by atoms with Crippen LogP contribution in [0.4, 0.5) is 0 Å². The molecule has 0 saturated heterocycles. The van der Waals surface area contributed by atoms with Gasteiger partial charge in [-0.1, -0.05) is 20.8 Å². The fourth-order valence-corrected chi connectivity index (χ4v) is 3.45. The van der Waals surface area contributed by atoms with E-state index in [-0.39, 0.29) is 11.5 Å². The van der Waals surface area contributed by atoms with E-state index < -0.39 is 0 Å². The van der Waals surface area contributed by atoms with Gasteiger partial charge in [0.15, 0.2) is 0 Å². The zero-order chi connectivity index (χ0) is 12.6. The Labute approximate surface area is 111 Å². The molecule has 0 aromatic carbocycles. The van der Waals surface area contributed by atoms with Gasteiger partial charge in [0, 0.05) is 10.3 Å². The number of thiophene rings is 1. The van der Waals surface area contributed by atoms with Crippen molar-refractivity contribution in [2.75, 3.05) is 0 Å². The first-order valence-electron chi connectivity index (χ1n) is 5.66. The Bertz CT molecular complexity index is 505. The summed E-state index contributed by atoms with van der Waals surface area (Å²) in [5, 5.41) is 3.13. The lowest BCUT2D eigenvalue weighted by atomic mass is 9.88. The minimum absolute atomic E-state index is 0.00214. The van der Waals surface area contributed by atoms with Crippen LogP contribution in [-0.4, -0.2) is 4.98 Å². The third-order valence-electron chi connectivity index (χ3n) is 2.71. The van der Waals surface area contributed by atoms with E-state index in [0.717, 1.165) is 10.7 Å². The van der Waals surface area contributed by atoms with Crippen molar-refractivity contribution in [3.05, 3.63) is 27.4 Å². The molecule has 2 aromatic rings. The third kappa shape index (κ3) is 2.76. The van der Waals surface area contributed by atoms with Crippen LogP contribution < -0.4 is 5.73 Å². The van der Waals surface area contributed by atoms with Crippen LogP contribution in [0, 0.1) is 12.3 Å². The van der Waals surface area contributed by atoms with Gasteiger partial charge in [0.25, 0.3) is 0 Å². The number of aryl methyl sites for hydroxylation is 1. The molecule has 17 heavy (non-hydrogen) atoms. The highest BCUT2D eigenvalue weighted by molar-refractivity contribution is 7.16. The highest BCUT2D eigenvalue weighted by atomic mass is 32.1. The number of nitrogens with two attached hydrogens (primary N) is 1. The standard InChI is InChI=1S/C13H18N2S2/c1-8-5-6-10(17-8)9-7-16-12(15-9)11(14)13(2,3)4/h5-7,11H,14H2,1-4H3. The van der Waals surface area contributed by atoms with Crippen LogP contribution in [0.25, 0.3) is 10.6 Å². The topological polar surface area (TPSA) is 38.9 Å². The molecule has 0 radical (unpaired) electrons. The summed E-state index contributed by atoms with van der Waals surface area (Å²) >= 11 is 3.44. The molecule has 0 saturated carbocycles. The van der Waals surface area contributed by atoms with Crippen molar-refractivity contribution in [2.24, 2.45) is 11.1 Å². The molecule has 0 aliphatic rings. The predicted octanol–water partition coefficient (Wildman–Crippen LogP) is 4.23. The molecule has 92 valence electrons. The molecule has 0 aliphatic heterocycles. The summed E-state index contributed by atoms with van der Waals surface area (Å²) in [6.45, 7) is 8.55. The largest absolute Gasteiger partial charge is 0.322 e. The van der Waals surface area contributed by atoms with Gasteiger partial charge in [-0.3, -0.25) is 0 Å². The molecule has 2 nitrogen and oxygen atoms in total. The molecule has 2 heterocycles. The molecule has 0 bridgehead atoms. The number of hydrogen-bond donors (Lipinski definition) is 1. The minimum atomic E-state index is 0.00214. The van der Waals surface area contributed by atoms with Gasteiger partial charge >= 0.3 is 0 Å². The quantitative estimate of drug-likeness (QED) is 0.883. The molecule has 4 heteroatoms. The van der Waals surface area contributed by atoms with Crippen LogP contribution >= 0.6 is 22.7 Å². The summed E-state index contributed by atoms with van der Waals surface area (Å²) in [4.78, 5) is 7.21.